The lowest BCUT2D eigenvalue weighted by Crippen LogP contribution is -2.28. The molecule has 0 unspecified atom stereocenters. The number of hydrogen-bond acceptors (Lipinski definition) is 7. The molecule has 1 aromatic heterocycles. The molecule has 0 aliphatic rings. The van der Waals surface area contributed by atoms with Crippen molar-refractivity contribution in [2.45, 2.75) is 6.61 Å². The van der Waals surface area contributed by atoms with Crippen molar-refractivity contribution in [2.75, 3.05) is 18.4 Å². The maximum atomic E-state index is 12.3. The Kier molecular flexibility index (Phi) is 6.53. The van der Waals surface area contributed by atoms with Crippen LogP contribution < -0.4 is 15.4 Å². The molecule has 0 spiro atoms. The van der Waals surface area contributed by atoms with Crippen LogP contribution in [0.3, 0.4) is 0 Å². The van der Waals surface area contributed by atoms with Gasteiger partial charge in [-0.3, -0.25) is 14.9 Å². The topological polar surface area (TPSA) is 106 Å². The summed E-state index contributed by atoms with van der Waals surface area (Å²) in [5.74, 6) is 0.397. The van der Waals surface area contributed by atoms with E-state index in [4.69, 9.17) is 4.74 Å². The Balaban J connectivity index is 1.44. The number of rotatable bonds is 9. The van der Waals surface area contributed by atoms with Gasteiger partial charge in [0.1, 0.15) is 12.4 Å². The van der Waals surface area contributed by atoms with Gasteiger partial charge in [0.25, 0.3) is 11.6 Å². The molecule has 0 aliphatic carbocycles. The van der Waals surface area contributed by atoms with Crippen molar-refractivity contribution < 1.29 is 14.5 Å². The summed E-state index contributed by atoms with van der Waals surface area (Å²) in [6.07, 6.45) is 0. The summed E-state index contributed by atoms with van der Waals surface area (Å²) >= 11 is 1.50. The number of non-ortho nitro benzene ring substituents is 1. The number of nitro groups is 1. The minimum absolute atomic E-state index is 0.0377. The highest BCUT2D eigenvalue weighted by Gasteiger charge is 2.07. The summed E-state index contributed by atoms with van der Waals surface area (Å²) in [6.45, 7) is 1.25. The van der Waals surface area contributed by atoms with E-state index in [0.29, 0.717) is 31.0 Å². The monoisotopic (exact) mass is 398 g/mol. The molecule has 0 saturated carbocycles. The molecule has 0 atom stereocenters. The number of amides is 1. The van der Waals surface area contributed by atoms with E-state index in [1.54, 1.807) is 41.9 Å². The number of carbonyl (C=O) groups excluding carboxylic acids is 1. The highest BCUT2D eigenvalue weighted by atomic mass is 32.1. The van der Waals surface area contributed by atoms with Crippen LogP contribution in [-0.2, 0) is 6.61 Å². The van der Waals surface area contributed by atoms with Crippen molar-refractivity contribution in [3.8, 4) is 5.75 Å². The smallest absolute Gasteiger partial charge is 0.269 e. The molecule has 0 radical (unpaired) electrons. The van der Waals surface area contributed by atoms with Crippen LogP contribution >= 0.6 is 11.3 Å². The Labute approximate surface area is 165 Å². The number of anilines is 1. The average Bonchev–Trinajstić information content (AvgIpc) is 3.24. The summed E-state index contributed by atoms with van der Waals surface area (Å²) in [6, 6.07) is 13.1. The van der Waals surface area contributed by atoms with Crippen LogP contribution in [0.15, 0.2) is 59.4 Å². The number of thiazole rings is 1. The lowest BCUT2D eigenvalue weighted by atomic mass is 10.2. The lowest BCUT2D eigenvalue weighted by molar-refractivity contribution is -0.384. The summed E-state index contributed by atoms with van der Waals surface area (Å²) in [5.41, 5.74) is 3.88. The highest BCUT2D eigenvalue weighted by molar-refractivity contribution is 7.07. The molecular weight excluding hydrogens is 380 g/mol. The molecule has 3 rings (SSSR count). The SMILES string of the molecule is O=C(NCCNc1ccc([N+](=O)[O-])cc1)c1cccc(OCc2cscn2)c1. The minimum Gasteiger partial charge on any atom is -0.487 e. The van der Waals surface area contributed by atoms with Gasteiger partial charge in [0, 0.05) is 41.9 Å². The summed E-state index contributed by atoms with van der Waals surface area (Å²) in [7, 11) is 0. The van der Waals surface area contributed by atoms with Gasteiger partial charge in [0.15, 0.2) is 0 Å². The van der Waals surface area contributed by atoms with Crippen molar-refractivity contribution in [1.29, 1.82) is 0 Å². The third-order valence-corrected chi connectivity index (χ3v) is 4.42. The maximum Gasteiger partial charge on any atom is 0.269 e. The molecule has 1 heterocycles. The normalized spacial score (nSPS) is 10.3. The van der Waals surface area contributed by atoms with Crippen molar-refractivity contribution in [3.63, 3.8) is 0 Å². The van der Waals surface area contributed by atoms with Crippen molar-refractivity contribution in [2.24, 2.45) is 0 Å². The van der Waals surface area contributed by atoms with Crippen molar-refractivity contribution >= 4 is 28.6 Å². The summed E-state index contributed by atoms with van der Waals surface area (Å²) in [5, 5.41) is 18.5. The first-order valence-corrected chi connectivity index (χ1v) is 9.42. The first-order valence-electron chi connectivity index (χ1n) is 8.48. The molecule has 3 aromatic rings. The van der Waals surface area contributed by atoms with Crippen molar-refractivity contribution in [1.82, 2.24) is 10.3 Å². The van der Waals surface area contributed by atoms with Crippen LogP contribution in [0.2, 0.25) is 0 Å². The molecule has 0 saturated heterocycles. The number of benzene rings is 2. The van der Waals surface area contributed by atoms with Gasteiger partial charge < -0.3 is 15.4 Å². The first-order chi connectivity index (χ1) is 13.6. The Morgan fingerprint density at radius 3 is 2.71 bits per heavy atom. The lowest BCUT2D eigenvalue weighted by Gasteiger charge is -2.09. The average molecular weight is 398 g/mol. The largest absolute Gasteiger partial charge is 0.487 e. The van der Waals surface area contributed by atoms with Gasteiger partial charge in [-0.15, -0.1) is 11.3 Å². The van der Waals surface area contributed by atoms with E-state index in [0.717, 1.165) is 11.4 Å². The molecule has 8 nitrogen and oxygen atoms in total. The zero-order chi connectivity index (χ0) is 19.8. The maximum absolute atomic E-state index is 12.3. The van der Waals surface area contributed by atoms with E-state index in [2.05, 4.69) is 15.6 Å². The first kappa shape index (κ1) is 19.3. The molecule has 1 amide bonds. The number of nitro benzene ring substituents is 1. The molecule has 144 valence electrons. The molecule has 0 bridgehead atoms. The molecule has 9 heteroatoms. The predicted molar refractivity (Wildman–Crippen MR) is 107 cm³/mol. The van der Waals surface area contributed by atoms with Crippen LogP contribution in [0.25, 0.3) is 0 Å². The second-order valence-corrected chi connectivity index (χ2v) is 6.50. The number of hydrogen-bond donors (Lipinski definition) is 2. The molecule has 2 aromatic carbocycles. The van der Waals surface area contributed by atoms with Gasteiger partial charge in [0.05, 0.1) is 16.1 Å². The van der Waals surface area contributed by atoms with Crippen LogP contribution in [0.5, 0.6) is 5.75 Å². The van der Waals surface area contributed by atoms with Gasteiger partial charge >= 0.3 is 0 Å². The van der Waals surface area contributed by atoms with E-state index in [9.17, 15) is 14.9 Å². The van der Waals surface area contributed by atoms with E-state index < -0.39 is 4.92 Å². The second-order valence-electron chi connectivity index (χ2n) is 5.78. The quantitative estimate of drug-likeness (QED) is 0.325. The Hall–Kier alpha value is -3.46. The van der Waals surface area contributed by atoms with Gasteiger partial charge in [0.2, 0.25) is 0 Å². The Morgan fingerprint density at radius 2 is 2.00 bits per heavy atom. The van der Waals surface area contributed by atoms with E-state index in [1.165, 1.54) is 23.5 Å². The van der Waals surface area contributed by atoms with Crippen LogP contribution in [0, 0.1) is 10.1 Å². The highest BCUT2D eigenvalue weighted by Crippen LogP contribution is 2.16. The Bertz CT molecular complexity index is 929. The molecule has 2 N–H and O–H groups in total. The predicted octanol–water partition coefficient (Wildman–Crippen LogP) is 3.47. The van der Waals surface area contributed by atoms with Gasteiger partial charge in [-0.2, -0.15) is 0 Å². The fourth-order valence-electron chi connectivity index (χ4n) is 2.38. The van der Waals surface area contributed by atoms with E-state index in [1.807, 2.05) is 5.38 Å². The van der Waals surface area contributed by atoms with Gasteiger partial charge in [-0.05, 0) is 30.3 Å². The molecule has 28 heavy (non-hydrogen) atoms. The Morgan fingerprint density at radius 1 is 1.18 bits per heavy atom. The summed E-state index contributed by atoms with van der Waals surface area (Å²) in [4.78, 5) is 26.6. The van der Waals surface area contributed by atoms with E-state index in [-0.39, 0.29) is 11.6 Å². The molecular formula is C19H18N4O4S. The summed E-state index contributed by atoms with van der Waals surface area (Å²) < 4.78 is 5.66. The van der Waals surface area contributed by atoms with E-state index >= 15 is 0 Å². The minimum atomic E-state index is -0.446. The van der Waals surface area contributed by atoms with Crippen molar-refractivity contribution in [3.05, 3.63) is 80.8 Å². The third-order valence-electron chi connectivity index (χ3n) is 3.78. The van der Waals surface area contributed by atoms with Gasteiger partial charge in [-0.1, -0.05) is 6.07 Å². The van der Waals surface area contributed by atoms with Crippen LogP contribution in [-0.4, -0.2) is 28.9 Å². The second kappa shape index (κ2) is 9.47. The number of nitrogens with zero attached hydrogens (tertiary/aromatic N) is 2. The van der Waals surface area contributed by atoms with Crippen LogP contribution in [0.1, 0.15) is 16.1 Å². The number of ether oxygens (including phenoxy) is 1. The third kappa shape index (κ3) is 5.52. The number of nitrogens with one attached hydrogen (secondary N) is 2. The fourth-order valence-corrected chi connectivity index (χ4v) is 2.92. The zero-order valence-corrected chi connectivity index (χ0v) is 15.6. The molecule has 0 fully saturated rings. The zero-order valence-electron chi connectivity index (χ0n) is 14.8. The fraction of sp³-hybridized carbons (Fsp3) is 0.158. The standard InChI is InChI=1S/C19H18N4O4S/c24-19(21-9-8-20-15-4-6-17(7-5-15)23(25)26)14-2-1-3-18(10-14)27-11-16-12-28-13-22-16/h1-7,10,12-13,20H,8-9,11H2,(H,21,24). The van der Waals surface area contributed by atoms with Gasteiger partial charge in [-0.25, -0.2) is 4.98 Å². The number of carbonyl (C=O) groups is 1. The molecule has 0 aliphatic heterocycles. The van der Waals surface area contributed by atoms with Crippen LogP contribution in [0.4, 0.5) is 11.4 Å². The number of aromatic nitrogens is 1.